The Labute approximate surface area is 121 Å². The van der Waals surface area contributed by atoms with Crippen LogP contribution in [0, 0.1) is 12.8 Å². The van der Waals surface area contributed by atoms with Gasteiger partial charge in [-0.15, -0.1) is 0 Å². The first-order valence-electron chi connectivity index (χ1n) is 7.48. The Morgan fingerprint density at radius 1 is 1.35 bits per heavy atom. The van der Waals surface area contributed by atoms with Crippen molar-refractivity contribution in [2.24, 2.45) is 5.92 Å². The lowest BCUT2D eigenvalue weighted by atomic mass is 9.94. The van der Waals surface area contributed by atoms with E-state index in [2.05, 4.69) is 29.7 Å². The zero-order valence-electron chi connectivity index (χ0n) is 12.4. The van der Waals surface area contributed by atoms with E-state index in [4.69, 9.17) is 0 Å². The van der Waals surface area contributed by atoms with Gasteiger partial charge in [0.05, 0.1) is 0 Å². The molecule has 0 aromatic heterocycles. The molecule has 0 bridgehead atoms. The van der Waals surface area contributed by atoms with Gasteiger partial charge in [0, 0.05) is 24.3 Å². The van der Waals surface area contributed by atoms with Gasteiger partial charge in [-0.3, -0.25) is 4.79 Å². The van der Waals surface area contributed by atoms with Gasteiger partial charge in [-0.2, -0.15) is 0 Å². The maximum atomic E-state index is 11.9. The third kappa shape index (κ3) is 3.86. The highest BCUT2D eigenvalue weighted by Gasteiger charge is 2.11. The lowest BCUT2D eigenvalue weighted by Crippen LogP contribution is -2.23. The van der Waals surface area contributed by atoms with Crippen LogP contribution >= 0.6 is 0 Å². The summed E-state index contributed by atoms with van der Waals surface area (Å²) in [6.07, 6.45) is 8.12. The molecule has 108 valence electrons. The predicted octanol–water partition coefficient (Wildman–Crippen LogP) is 3.51. The Balaban J connectivity index is 2.00. The molecule has 1 atom stereocenters. The number of carbonyl (C=O) groups is 1. The molecule has 0 fully saturated rings. The molecule has 20 heavy (non-hydrogen) atoms. The summed E-state index contributed by atoms with van der Waals surface area (Å²) in [5.41, 5.74) is 2.98. The number of rotatable bonds is 5. The molecule has 0 saturated carbocycles. The fourth-order valence-corrected chi connectivity index (χ4v) is 2.51. The molecular weight excluding hydrogens is 248 g/mol. The third-order valence-corrected chi connectivity index (χ3v) is 3.80. The molecule has 0 heterocycles. The number of hydrogen-bond donors (Lipinski definition) is 2. The van der Waals surface area contributed by atoms with Crippen LogP contribution in [0.5, 0.6) is 0 Å². The van der Waals surface area contributed by atoms with E-state index in [1.54, 1.807) is 0 Å². The lowest BCUT2D eigenvalue weighted by Gasteiger charge is -2.20. The standard InChI is InChI=1S/C17H24N2O/c1-3-18-17(20)15-10-9-13(2)16(11-15)19-12-14-7-5-4-6-8-14/h4-5,9-11,14,19H,3,6-8,12H2,1-2H3,(H,18,20). The average molecular weight is 272 g/mol. The minimum absolute atomic E-state index is 0.00357. The molecule has 1 unspecified atom stereocenters. The van der Waals surface area contributed by atoms with Crippen molar-refractivity contribution < 1.29 is 4.79 Å². The summed E-state index contributed by atoms with van der Waals surface area (Å²) < 4.78 is 0. The SMILES string of the molecule is CCNC(=O)c1ccc(C)c(NCC2CC=CCC2)c1. The Bertz CT molecular complexity index is 494. The van der Waals surface area contributed by atoms with Crippen molar-refractivity contribution >= 4 is 11.6 Å². The van der Waals surface area contributed by atoms with Crippen LogP contribution < -0.4 is 10.6 Å². The van der Waals surface area contributed by atoms with Crippen LogP contribution in [0.2, 0.25) is 0 Å². The highest BCUT2D eigenvalue weighted by molar-refractivity contribution is 5.95. The zero-order valence-corrected chi connectivity index (χ0v) is 12.4. The Morgan fingerprint density at radius 2 is 2.20 bits per heavy atom. The molecule has 1 aromatic carbocycles. The number of aryl methyl sites for hydroxylation is 1. The molecular formula is C17H24N2O. The van der Waals surface area contributed by atoms with Gasteiger partial charge in [0.25, 0.3) is 5.91 Å². The van der Waals surface area contributed by atoms with Gasteiger partial charge in [0.2, 0.25) is 0 Å². The van der Waals surface area contributed by atoms with Gasteiger partial charge in [-0.1, -0.05) is 18.2 Å². The number of benzene rings is 1. The van der Waals surface area contributed by atoms with Crippen molar-refractivity contribution in [3.8, 4) is 0 Å². The van der Waals surface area contributed by atoms with Gasteiger partial charge in [0.15, 0.2) is 0 Å². The summed E-state index contributed by atoms with van der Waals surface area (Å²) >= 11 is 0. The summed E-state index contributed by atoms with van der Waals surface area (Å²) in [5.74, 6) is 0.698. The van der Waals surface area contributed by atoms with Crippen LogP contribution in [0.1, 0.15) is 42.1 Å². The maximum absolute atomic E-state index is 11.9. The molecule has 3 heteroatoms. The van der Waals surface area contributed by atoms with Crippen LogP contribution in [0.15, 0.2) is 30.4 Å². The molecule has 0 aliphatic heterocycles. The second kappa shape index (κ2) is 7.13. The molecule has 2 N–H and O–H groups in total. The highest BCUT2D eigenvalue weighted by Crippen LogP contribution is 2.21. The minimum Gasteiger partial charge on any atom is -0.385 e. The maximum Gasteiger partial charge on any atom is 0.251 e. The van der Waals surface area contributed by atoms with Crippen molar-refractivity contribution in [3.63, 3.8) is 0 Å². The van der Waals surface area contributed by atoms with Gasteiger partial charge < -0.3 is 10.6 Å². The van der Waals surface area contributed by atoms with Crippen LogP contribution in [0.25, 0.3) is 0 Å². The lowest BCUT2D eigenvalue weighted by molar-refractivity contribution is 0.0956. The summed E-state index contributed by atoms with van der Waals surface area (Å²) in [7, 11) is 0. The number of anilines is 1. The molecule has 0 spiro atoms. The van der Waals surface area contributed by atoms with E-state index in [1.165, 1.54) is 18.4 Å². The molecule has 0 radical (unpaired) electrons. The smallest absolute Gasteiger partial charge is 0.251 e. The topological polar surface area (TPSA) is 41.1 Å². The van der Waals surface area contributed by atoms with Crippen LogP contribution in [0.4, 0.5) is 5.69 Å². The number of amides is 1. The van der Waals surface area contributed by atoms with Crippen molar-refractivity contribution in [2.75, 3.05) is 18.4 Å². The highest BCUT2D eigenvalue weighted by atomic mass is 16.1. The Hall–Kier alpha value is -1.77. The van der Waals surface area contributed by atoms with Crippen molar-refractivity contribution in [1.29, 1.82) is 0 Å². The number of allylic oxidation sites excluding steroid dienone is 2. The quantitative estimate of drug-likeness (QED) is 0.805. The molecule has 1 amide bonds. The summed E-state index contributed by atoms with van der Waals surface area (Å²) in [5, 5.41) is 6.34. The van der Waals surface area contributed by atoms with E-state index < -0.39 is 0 Å². The first-order chi connectivity index (χ1) is 9.70. The monoisotopic (exact) mass is 272 g/mol. The van der Waals surface area contributed by atoms with E-state index in [0.717, 1.165) is 24.2 Å². The second-order valence-electron chi connectivity index (χ2n) is 5.42. The van der Waals surface area contributed by atoms with Crippen molar-refractivity contribution in [1.82, 2.24) is 5.32 Å². The molecule has 0 saturated heterocycles. The fraction of sp³-hybridized carbons (Fsp3) is 0.471. The van der Waals surface area contributed by atoms with E-state index in [-0.39, 0.29) is 5.91 Å². The summed E-state index contributed by atoms with van der Waals surface area (Å²) in [6.45, 7) is 5.64. The Kier molecular flexibility index (Phi) is 5.22. The number of hydrogen-bond acceptors (Lipinski definition) is 2. The van der Waals surface area contributed by atoms with Crippen LogP contribution in [0.3, 0.4) is 0 Å². The van der Waals surface area contributed by atoms with Gasteiger partial charge in [-0.25, -0.2) is 0 Å². The predicted molar refractivity (Wildman–Crippen MR) is 84.2 cm³/mol. The van der Waals surface area contributed by atoms with Crippen LogP contribution in [-0.2, 0) is 0 Å². The molecule has 1 aromatic rings. The van der Waals surface area contributed by atoms with E-state index in [0.29, 0.717) is 12.5 Å². The number of carbonyl (C=O) groups excluding carboxylic acids is 1. The van der Waals surface area contributed by atoms with E-state index >= 15 is 0 Å². The largest absolute Gasteiger partial charge is 0.385 e. The molecule has 1 aliphatic carbocycles. The first kappa shape index (κ1) is 14.6. The van der Waals surface area contributed by atoms with E-state index in [9.17, 15) is 4.79 Å². The zero-order chi connectivity index (χ0) is 14.4. The fourth-order valence-electron chi connectivity index (χ4n) is 2.51. The Morgan fingerprint density at radius 3 is 2.90 bits per heavy atom. The normalized spacial score (nSPS) is 17.8. The van der Waals surface area contributed by atoms with Crippen molar-refractivity contribution in [2.45, 2.75) is 33.1 Å². The second-order valence-corrected chi connectivity index (χ2v) is 5.42. The van der Waals surface area contributed by atoms with Crippen LogP contribution in [-0.4, -0.2) is 19.0 Å². The van der Waals surface area contributed by atoms with E-state index in [1.807, 2.05) is 25.1 Å². The summed E-state index contributed by atoms with van der Waals surface area (Å²) in [6, 6.07) is 5.85. The molecule has 1 aliphatic rings. The van der Waals surface area contributed by atoms with Crippen molar-refractivity contribution in [3.05, 3.63) is 41.5 Å². The first-order valence-corrected chi connectivity index (χ1v) is 7.48. The van der Waals surface area contributed by atoms with Gasteiger partial charge in [0.1, 0.15) is 0 Å². The third-order valence-electron chi connectivity index (χ3n) is 3.80. The molecule has 3 nitrogen and oxygen atoms in total. The molecule has 2 rings (SSSR count). The average Bonchev–Trinajstić information content (AvgIpc) is 2.47. The van der Waals surface area contributed by atoms with Gasteiger partial charge in [-0.05, 0) is 56.7 Å². The minimum atomic E-state index is -0.00357. The summed E-state index contributed by atoms with van der Waals surface area (Å²) in [4.78, 5) is 11.9. The van der Waals surface area contributed by atoms with Gasteiger partial charge >= 0.3 is 0 Å². The number of nitrogens with one attached hydrogen (secondary N) is 2.